The summed E-state index contributed by atoms with van der Waals surface area (Å²) in [4.78, 5) is 11.1. The zero-order valence-corrected chi connectivity index (χ0v) is 11.6. The van der Waals surface area contributed by atoms with E-state index >= 15 is 0 Å². The van der Waals surface area contributed by atoms with Crippen LogP contribution < -0.4 is 0 Å². The minimum atomic E-state index is -0.350. The number of Topliss-reactive ketones (excluding diaryl/α,β-unsaturated/α-hetero) is 1. The molecule has 90 valence electrons. The van der Waals surface area contributed by atoms with Crippen molar-refractivity contribution in [2.45, 2.75) is 13.8 Å². The molecule has 0 fully saturated rings. The lowest BCUT2D eigenvalue weighted by Crippen LogP contribution is -1.96. The quantitative estimate of drug-likeness (QED) is 0.504. The molecule has 1 aromatic carbocycles. The van der Waals surface area contributed by atoms with Crippen LogP contribution in [-0.2, 0) is 4.79 Å². The number of allylic oxidation sites excluding steroid dienone is 2. The highest BCUT2D eigenvalue weighted by atomic mass is 79.9. The second kappa shape index (κ2) is 5.93. The van der Waals surface area contributed by atoms with Crippen molar-refractivity contribution in [3.8, 4) is 0 Å². The number of nitrogens with zero attached hydrogens (tertiary/aromatic N) is 2. The molecule has 1 rings (SSSR count). The zero-order chi connectivity index (χ0) is 13.0. The van der Waals surface area contributed by atoms with Crippen molar-refractivity contribution in [1.82, 2.24) is 0 Å². The van der Waals surface area contributed by atoms with Crippen LogP contribution in [0.5, 0.6) is 0 Å². The predicted octanol–water partition coefficient (Wildman–Crippen LogP) is 4.56. The highest BCUT2D eigenvalue weighted by Gasteiger charge is 2.06. The van der Waals surface area contributed by atoms with Crippen molar-refractivity contribution in [3.05, 3.63) is 39.2 Å². The molecule has 0 aliphatic heterocycles. The maximum Gasteiger partial charge on any atom is 0.183 e. The van der Waals surface area contributed by atoms with E-state index in [0.29, 0.717) is 10.7 Å². The Morgan fingerprint density at radius 1 is 1.41 bits per heavy atom. The van der Waals surface area contributed by atoms with Gasteiger partial charge in [-0.3, -0.25) is 4.79 Å². The van der Waals surface area contributed by atoms with E-state index in [4.69, 9.17) is 11.6 Å². The third kappa shape index (κ3) is 3.94. The van der Waals surface area contributed by atoms with Gasteiger partial charge in [0.1, 0.15) is 5.76 Å². The van der Waals surface area contributed by atoms with E-state index in [1.54, 1.807) is 18.2 Å². The normalized spacial score (nSPS) is 12.7. The summed E-state index contributed by atoms with van der Waals surface area (Å²) in [7, 11) is 0. The number of azo groups is 1. The van der Waals surface area contributed by atoms with Crippen molar-refractivity contribution in [1.29, 1.82) is 0 Å². The molecule has 0 saturated carbocycles. The molecule has 6 heteroatoms. The number of hydrogen-bond donors (Lipinski definition) is 1. The van der Waals surface area contributed by atoms with Gasteiger partial charge in [-0.1, -0.05) is 11.6 Å². The van der Waals surface area contributed by atoms with Crippen LogP contribution in [0.15, 0.2) is 44.4 Å². The maximum atomic E-state index is 11.1. The Kier molecular flexibility index (Phi) is 4.84. The molecule has 0 bridgehead atoms. The van der Waals surface area contributed by atoms with Crippen LogP contribution in [0.3, 0.4) is 0 Å². The highest BCUT2D eigenvalue weighted by molar-refractivity contribution is 9.10. The Balaban J connectivity index is 3.01. The van der Waals surface area contributed by atoms with Gasteiger partial charge >= 0.3 is 0 Å². The Bertz CT molecular complexity index is 508. The van der Waals surface area contributed by atoms with E-state index in [9.17, 15) is 9.90 Å². The number of rotatable bonds is 3. The summed E-state index contributed by atoms with van der Waals surface area (Å²) in [5, 5.41) is 17.3. The monoisotopic (exact) mass is 316 g/mol. The summed E-state index contributed by atoms with van der Waals surface area (Å²) in [6.45, 7) is 2.69. The lowest BCUT2D eigenvalue weighted by atomic mass is 10.3. The largest absolute Gasteiger partial charge is 0.510 e. The topological polar surface area (TPSA) is 62.0 Å². The van der Waals surface area contributed by atoms with Crippen molar-refractivity contribution >= 4 is 39.0 Å². The number of ketones is 1. The lowest BCUT2D eigenvalue weighted by Gasteiger charge is -1.98. The second-order valence-electron chi connectivity index (χ2n) is 3.29. The van der Waals surface area contributed by atoms with E-state index in [1.807, 2.05) is 0 Å². The standard InChI is InChI=1S/C11H10BrClN2O2/c1-6(16)11(7(2)17)15-14-8-3-4-9(12)10(13)5-8/h3-5,16H,1-2H3. The van der Waals surface area contributed by atoms with Crippen LogP contribution in [0.25, 0.3) is 0 Å². The van der Waals surface area contributed by atoms with Crippen LogP contribution in [0.2, 0.25) is 5.02 Å². The summed E-state index contributed by atoms with van der Waals surface area (Å²) in [6.07, 6.45) is 0. The molecule has 1 aromatic rings. The minimum Gasteiger partial charge on any atom is -0.510 e. The van der Waals surface area contributed by atoms with Gasteiger partial charge in [-0.2, -0.15) is 5.11 Å². The van der Waals surface area contributed by atoms with Crippen LogP contribution in [0, 0.1) is 0 Å². The number of aliphatic hydroxyl groups is 1. The fourth-order valence-electron chi connectivity index (χ4n) is 1.05. The van der Waals surface area contributed by atoms with Crippen molar-refractivity contribution in [3.63, 3.8) is 0 Å². The molecule has 0 unspecified atom stereocenters. The highest BCUT2D eigenvalue weighted by Crippen LogP contribution is 2.27. The van der Waals surface area contributed by atoms with Crippen LogP contribution >= 0.6 is 27.5 Å². The first kappa shape index (κ1) is 13.9. The third-order valence-corrected chi connectivity index (χ3v) is 3.08. The smallest absolute Gasteiger partial charge is 0.183 e. The number of halogens is 2. The molecule has 0 amide bonds. The molecule has 0 radical (unpaired) electrons. The van der Waals surface area contributed by atoms with Gasteiger partial charge in [0, 0.05) is 11.4 Å². The van der Waals surface area contributed by atoms with Gasteiger partial charge in [0.05, 0.1) is 10.7 Å². The molecule has 0 aliphatic rings. The summed E-state index contributed by atoms with van der Waals surface area (Å²) in [5.74, 6) is -0.513. The third-order valence-electron chi connectivity index (χ3n) is 1.84. The van der Waals surface area contributed by atoms with Gasteiger partial charge in [-0.15, -0.1) is 5.11 Å². The van der Waals surface area contributed by atoms with E-state index in [0.717, 1.165) is 4.47 Å². The fourth-order valence-corrected chi connectivity index (χ4v) is 1.47. The lowest BCUT2D eigenvalue weighted by molar-refractivity contribution is -0.113. The number of carbonyl (C=O) groups is 1. The molecule has 1 N–H and O–H groups in total. The van der Waals surface area contributed by atoms with Crippen LogP contribution in [-0.4, -0.2) is 10.9 Å². The van der Waals surface area contributed by atoms with Crippen LogP contribution in [0.4, 0.5) is 5.69 Å². The predicted molar refractivity (Wildman–Crippen MR) is 69.7 cm³/mol. The van der Waals surface area contributed by atoms with Crippen LogP contribution in [0.1, 0.15) is 13.8 Å². The summed E-state index contributed by atoms with van der Waals surface area (Å²) >= 11 is 9.13. The average molecular weight is 318 g/mol. The Labute approximate surface area is 112 Å². The van der Waals surface area contributed by atoms with E-state index in [2.05, 4.69) is 26.2 Å². The molecule has 4 nitrogen and oxygen atoms in total. The minimum absolute atomic E-state index is 0.0657. The number of hydrogen-bond acceptors (Lipinski definition) is 4. The molecule has 17 heavy (non-hydrogen) atoms. The van der Waals surface area contributed by atoms with Gasteiger partial charge in [0.15, 0.2) is 11.5 Å². The summed E-state index contributed by atoms with van der Waals surface area (Å²) < 4.78 is 0.749. The van der Waals surface area contributed by atoms with Gasteiger partial charge in [-0.25, -0.2) is 0 Å². The number of benzene rings is 1. The number of carbonyl (C=O) groups excluding carboxylic acids is 1. The molecule has 0 spiro atoms. The zero-order valence-electron chi connectivity index (χ0n) is 9.24. The summed E-state index contributed by atoms with van der Waals surface area (Å²) in [6, 6.07) is 5.00. The van der Waals surface area contributed by atoms with E-state index in [1.165, 1.54) is 13.8 Å². The summed E-state index contributed by atoms with van der Waals surface area (Å²) in [5.41, 5.74) is 0.433. The first-order valence-corrected chi connectivity index (χ1v) is 5.86. The molecule has 0 heterocycles. The van der Waals surface area contributed by atoms with Crippen molar-refractivity contribution in [2.75, 3.05) is 0 Å². The average Bonchev–Trinajstić information content (AvgIpc) is 2.22. The molecular formula is C11H10BrClN2O2. The van der Waals surface area contributed by atoms with E-state index in [-0.39, 0.29) is 17.2 Å². The fraction of sp³-hybridized carbons (Fsp3) is 0.182. The maximum absolute atomic E-state index is 11.1. The first-order valence-electron chi connectivity index (χ1n) is 4.69. The SMILES string of the molecule is CC(=O)C(N=Nc1ccc(Br)c(Cl)c1)=C(C)O. The Morgan fingerprint density at radius 3 is 2.53 bits per heavy atom. The number of aliphatic hydroxyl groups excluding tert-OH is 1. The van der Waals surface area contributed by atoms with Crippen molar-refractivity contribution in [2.24, 2.45) is 10.2 Å². The van der Waals surface area contributed by atoms with Gasteiger partial charge in [-0.05, 0) is 41.1 Å². The first-order chi connectivity index (χ1) is 7.91. The molecule has 0 atom stereocenters. The van der Waals surface area contributed by atoms with Gasteiger partial charge in [0.25, 0.3) is 0 Å². The Morgan fingerprint density at radius 2 is 2.06 bits per heavy atom. The van der Waals surface area contributed by atoms with Gasteiger partial charge < -0.3 is 5.11 Å². The van der Waals surface area contributed by atoms with Gasteiger partial charge in [0.2, 0.25) is 0 Å². The molecule has 0 aromatic heterocycles. The molecule has 0 saturated heterocycles. The van der Waals surface area contributed by atoms with Crippen molar-refractivity contribution < 1.29 is 9.90 Å². The molecule has 0 aliphatic carbocycles. The Hall–Kier alpha value is -1.20. The molecular weight excluding hydrogens is 307 g/mol. The van der Waals surface area contributed by atoms with E-state index < -0.39 is 0 Å². The second-order valence-corrected chi connectivity index (χ2v) is 4.55.